The summed E-state index contributed by atoms with van der Waals surface area (Å²) < 4.78 is 21.2. The van der Waals surface area contributed by atoms with E-state index in [1.54, 1.807) is 10.9 Å². The molecule has 0 aliphatic heterocycles. The number of hydrogen-bond donors (Lipinski definition) is 1. The maximum atomic E-state index is 10.8. The van der Waals surface area contributed by atoms with E-state index in [2.05, 4.69) is 10.1 Å². The molecule has 0 saturated heterocycles. The average molecular weight is 465 g/mol. The highest BCUT2D eigenvalue weighted by Crippen LogP contribution is 2.30. The number of aryl methyl sites for hydroxylation is 1. The van der Waals surface area contributed by atoms with E-state index in [9.17, 15) is 4.79 Å². The van der Waals surface area contributed by atoms with Gasteiger partial charge in [0.2, 0.25) is 0 Å². The van der Waals surface area contributed by atoms with Crippen LogP contribution in [0.1, 0.15) is 37.1 Å². The van der Waals surface area contributed by atoms with Crippen molar-refractivity contribution in [1.29, 1.82) is 0 Å². The summed E-state index contributed by atoms with van der Waals surface area (Å²) in [4.78, 5) is 15.4. The number of aliphatic carboxylic acids is 1. The van der Waals surface area contributed by atoms with E-state index in [0.717, 1.165) is 28.3 Å². The third kappa shape index (κ3) is 5.67. The number of carboxylic acid groups (broad SMARTS) is 1. The molecule has 9 heteroatoms. The largest absolute Gasteiger partial charge is 0.490 e. The van der Waals surface area contributed by atoms with E-state index in [1.807, 2.05) is 67.0 Å². The highest BCUT2D eigenvalue weighted by Gasteiger charge is 2.11. The SMILES string of the molecule is CCOc1cc(Cn2cc(CCC(=O)O)cn2)ccc1OCc1cn2c(OCC)cccc2n1. The highest BCUT2D eigenvalue weighted by molar-refractivity contribution is 5.67. The zero-order valence-electron chi connectivity index (χ0n) is 19.3. The molecule has 0 radical (unpaired) electrons. The van der Waals surface area contributed by atoms with Crippen molar-refractivity contribution in [3.8, 4) is 17.4 Å². The summed E-state index contributed by atoms with van der Waals surface area (Å²) in [5, 5.41) is 13.2. The van der Waals surface area contributed by atoms with Gasteiger partial charge < -0.3 is 19.3 Å². The lowest BCUT2D eigenvalue weighted by Gasteiger charge is -2.13. The van der Waals surface area contributed by atoms with Crippen molar-refractivity contribution in [1.82, 2.24) is 19.2 Å². The molecule has 4 rings (SSSR count). The molecule has 1 aromatic carbocycles. The number of carboxylic acids is 1. The van der Waals surface area contributed by atoms with Crippen molar-refractivity contribution in [2.75, 3.05) is 13.2 Å². The molecule has 178 valence electrons. The number of hydrogen-bond acceptors (Lipinski definition) is 6. The number of ether oxygens (including phenoxy) is 3. The first-order valence-corrected chi connectivity index (χ1v) is 11.3. The predicted octanol–water partition coefficient (Wildman–Crippen LogP) is 3.97. The zero-order valence-corrected chi connectivity index (χ0v) is 19.3. The van der Waals surface area contributed by atoms with E-state index in [4.69, 9.17) is 19.3 Å². The Morgan fingerprint density at radius 2 is 1.85 bits per heavy atom. The lowest BCUT2D eigenvalue weighted by Crippen LogP contribution is -2.03. The molecule has 0 aliphatic rings. The number of nitrogens with zero attached hydrogens (tertiary/aromatic N) is 4. The lowest BCUT2D eigenvalue weighted by molar-refractivity contribution is -0.136. The first kappa shape index (κ1) is 23.2. The van der Waals surface area contributed by atoms with Gasteiger partial charge in [-0.25, -0.2) is 4.98 Å². The minimum atomic E-state index is -0.817. The van der Waals surface area contributed by atoms with Crippen LogP contribution >= 0.6 is 0 Å². The molecule has 0 saturated carbocycles. The maximum absolute atomic E-state index is 10.8. The van der Waals surface area contributed by atoms with E-state index < -0.39 is 5.97 Å². The summed E-state index contributed by atoms with van der Waals surface area (Å²) >= 11 is 0. The second kappa shape index (κ2) is 10.7. The molecule has 9 nitrogen and oxygen atoms in total. The fourth-order valence-corrected chi connectivity index (χ4v) is 3.62. The van der Waals surface area contributed by atoms with Crippen LogP contribution in [0.3, 0.4) is 0 Å². The van der Waals surface area contributed by atoms with E-state index in [0.29, 0.717) is 44.3 Å². The molecule has 0 spiro atoms. The van der Waals surface area contributed by atoms with Gasteiger partial charge in [-0.1, -0.05) is 12.1 Å². The molecular formula is C25H28N4O5. The van der Waals surface area contributed by atoms with Crippen LogP contribution in [0, 0.1) is 0 Å². The predicted molar refractivity (Wildman–Crippen MR) is 126 cm³/mol. The van der Waals surface area contributed by atoms with E-state index in [-0.39, 0.29) is 6.42 Å². The van der Waals surface area contributed by atoms with Gasteiger partial charge in [0.05, 0.1) is 31.6 Å². The maximum Gasteiger partial charge on any atom is 0.303 e. The number of carbonyl (C=O) groups is 1. The van der Waals surface area contributed by atoms with Crippen LogP contribution in [0.25, 0.3) is 5.65 Å². The minimum Gasteiger partial charge on any atom is -0.490 e. The molecule has 0 bridgehead atoms. The molecule has 3 heterocycles. The zero-order chi connectivity index (χ0) is 23.9. The van der Waals surface area contributed by atoms with Crippen molar-refractivity contribution in [2.24, 2.45) is 0 Å². The lowest BCUT2D eigenvalue weighted by atomic mass is 10.2. The molecule has 1 N–H and O–H groups in total. The summed E-state index contributed by atoms with van der Waals surface area (Å²) in [5.41, 5.74) is 3.47. The Kier molecular flexibility index (Phi) is 7.31. The van der Waals surface area contributed by atoms with Gasteiger partial charge in [0.15, 0.2) is 17.4 Å². The first-order chi connectivity index (χ1) is 16.6. The number of benzene rings is 1. The average Bonchev–Trinajstić information content (AvgIpc) is 3.45. The third-order valence-electron chi connectivity index (χ3n) is 5.14. The van der Waals surface area contributed by atoms with Crippen LogP contribution < -0.4 is 14.2 Å². The van der Waals surface area contributed by atoms with Crippen molar-refractivity contribution in [3.05, 3.63) is 71.8 Å². The number of imidazole rings is 1. The number of rotatable bonds is 12. The van der Waals surface area contributed by atoms with Crippen LogP contribution in [0.15, 0.2) is 55.0 Å². The van der Waals surface area contributed by atoms with Gasteiger partial charge in [0.1, 0.15) is 12.3 Å². The number of aromatic nitrogens is 4. The second-order valence-corrected chi connectivity index (χ2v) is 7.70. The fourth-order valence-electron chi connectivity index (χ4n) is 3.62. The minimum absolute atomic E-state index is 0.0888. The second-order valence-electron chi connectivity index (χ2n) is 7.70. The van der Waals surface area contributed by atoms with Gasteiger partial charge >= 0.3 is 5.97 Å². The van der Waals surface area contributed by atoms with Crippen molar-refractivity contribution >= 4 is 11.6 Å². The molecule has 0 aliphatic carbocycles. The number of fused-ring (bicyclic) bond motifs is 1. The van der Waals surface area contributed by atoms with Crippen LogP contribution in [0.2, 0.25) is 0 Å². The molecule has 0 amide bonds. The summed E-state index contributed by atoms with van der Waals surface area (Å²) in [6, 6.07) is 11.5. The Labute approximate surface area is 197 Å². The van der Waals surface area contributed by atoms with Crippen molar-refractivity contribution < 1.29 is 24.1 Å². The van der Waals surface area contributed by atoms with Gasteiger partial charge in [0, 0.05) is 18.8 Å². The molecule has 0 fully saturated rings. The van der Waals surface area contributed by atoms with Gasteiger partial charge in [-0.2, -0.15) is 5.10 Å². The quantitative estimate of drug-likeness (QED) is 0.339. The Morgan fingerprint density at radius 3 is 2.65 bits per heavy atom. The Morgan fingerprint density at radius 1 is 1.00 bits per heavy atom. The van der Waals surface area contributed by atoms with Gasteiger partial charge in [0.25, 0.3) is 0 Å². The molecule has 0 atom stereocenters. The topological polar surface area (TPSA) is 100 Å². The van der Waals surface area contributed by atoms with Gasteiger partial charge in [-0.15, -0.1) is 0 Å². The fraction of sp³-hybridized carbons (Fsp3) is 0.320. The van der Waals surface area contributed by atoms with Crippen molar-refractivity contribution in [3.63, 3.8) is 0 Å². The summed E-state index contributed by atoms with van der Waals surface area (Å²) in [6.07, 6.45) is 6.03. The Balaban J connectivity index is 1.45. The monoisotopic (exact) mass is 464 g/mol. The van der Waals surface area contributed by atoms with Gasteiger partial charge in [-0.3, -0.25) is 13.9 Å². The van der Waals surface area contributed by atoms with Crippen LogP contribution in [0.5, 0.6) is 17.4 Å². The molecule has 0 unspecified atom stereocenters. The first-order valence-electron chi connectivity index (χ1n) is 11.3. The van der Waals surface area contributed by atoms with E-state index >= 15 is 0 Å². The molecule has 34 heavy (non-hydrogen) atoms. The van der Waals surface area contributed by atoms with Gasteiger partial charge in [-0.05, 0) is 55.7 Å². The van der Waals surface area contributed by atoms with Crippen molar-refractivity contribution in [2.45, 2.75) is 39.8 Å². The van der Waals surface area contributed by atoms with Crippen LogP contribution in [-0.4, -0.2) is 43.5 Å². The van der Waals surface area contributed by atoms with E-state index in [1.165, 1.54) is 0 Å². The standard InChI is InChI=1S/C25H28N4O5/c1-3-32-22-12-18(14-28-15-19(13-26-28)9-11-25(30)31)8-10-21(22)34-17-20-16-29-23(27-20)6-5-7-24(29)33-4-2/h5-8,10,12-13,15-16H,3-4,9,11,14,17H2,1-2H3,(H,30,31). The smallest absolute Gasteiger partial charge is 0.303 e. The van der Waals surface area contributed by atoms with Crippen LogP contribution in [0.4, 0.5) is 0 Å². The molecule has 4 aromatic rings. The van der Waals surface area contributed by atoms with Crippen LogP contribution in [-0.2, 0) is 24.4 Å². The molecular weight excluding hydrogens is 436 g/mol. The molecule has 3 aromatic heterocycles. The highest BCUT2D eigenvalue weighted by atomic mass is 16.5. The summed E-state index contributed by atoms with van der Waals surface area (Å²) in [7, 11) is 0. The summed E-state index contributed by atoms with van der Waals surface area (Å²) in [5.74, 6) is 1.21. The Bertz CT molecular complexity index is 1260. The summed E-state index contributed by atoms with van der Waals surface area (Å²) in [6.45, 7) is 5.79. The Hall–Kier alpha value is -4.01. The third-order valence-corrected chi connectivity index (χ3v) is 5.14. The number of pyridine rings is 1. The normalized spacial score (nSPS) is 11.0.